The van der Waals surface area contributed by atoms with E-state index in [2.05, 4.69) is 4.98 Å². The number of carbonyl (C=O) groups excluding carboxylic acids is 1. The van der Waals surface area contributed by atoms with E-state index in [0.717, 1.165) is 29.7 Å². The van der Waals surface area contributed by atoms with Crippen LogP contribution in [0, 0.1) is 5.82 Å². The van der Waals surface area contributed by atoms with Crippen molar-refractivity contribution < 1.29 is 17.6 Å². The molecule has 0 N–H and O–H groups in total. The molecule has 4 rings (SSSR count). The summed E-state index contributed by atoms with van der Waals surface area (Å²) in [5.74, 6) is 0.497. The molecule has 0 aliphatic carbocycles. The van der Waals surface area contributed by atoms with Gasteiger partial charge in [-0.25, -0.2) is 17.8 Å². The minimum Gasteiger partial charge on any atom is -0.336 e. The van der Waals surface area contributed by atoms with E-state index in [1.54, 1.807) is 30.3 Å². The molecule has 1 unspecified atom stereocenters. The monoisotopic (exact) mass is 486 g/mol. The zero-order chi connectivity index (χ0) is 24.5. The summed E-state index contributed by atoms with van der Waals surface area (Å²) in [6, 6.07) is 11.3. The van der Waals surface area contributed by atoms with Gasteiger partial charge >= 0.3 is 0 Å². The molecule has 2 aromatic carbocycles. The Morgan fingerprint density at radius 3 is 2.53 bits per heavy atom. The number of rotatable bonds is 8. The molecule has 1 aromatic heterocycles. The summed E-state index contributed by atoms with van der Waals surface area (Å²) >= 11 is 0. The van der Waals surface area contributed by atoms with Crippen molar-refractivity contribution in [2.75, 3.05) is 19.6 Å². The van der Waals surface area contributed by atoms with E-state index in [-0.39, 0.29) is 22.7 Å². The number of nitrogens with zero attached hydrogens (tertiary/aromatic N) is 4. The molecule has 0 saturated carbocycles. The number of likely N-dealkylation sites (tertiary alicyclic amines) is 1. The van der Waals surface area contributed by atoms with E-state index >= 15 is 0 Å². The maximum atomic E-state index is 13.3. The van der Waals surface area contributed by atoms with Gasteiger partial charge in [0, 0.05) is 39.5 Å². The van der Waals surface area contributed by atoms with Gasteiger partial charge in [-0.1, -0.05) is 26.0 Å². The lowest BCUT2D eigenvalue weighted by molar-refractivity contribution is -0.132. The van der Waals surface area contributed by atoms with Crippen LogP contribution in [0.4, 0.5) is 4.39 Å². The number of aryl methyl sites for hydroxylation is 2. The second kappa shape index (κ2) is 9.84. The van der Waals surface area contributed by atoms with E-state index in [1.807, 2.05) is 30.4 Å². The van der Waals surface area contributed by atoms with Gasteiger partial charge in [0.2, 0.25) is 15.9 Å². The number of fused-ring (bicyclic) bond motifs is 1. The highest BCUT2D eigenvalue weighted by molar-refractivity contribution is 7.89. The van der Waals surface area contributed by atoms with Gasteiger partial charge in [-0.3, -0.25) is 4.79 Å². The number of halogens is 1. The fraction of sp³-hybridized carbons (Fsp3) is 0.440. The summed E-state index contributed by atoms with van der Waals surface area (Å²) in [6.07, 6.45) is 2.55. The van der Waals surface area contributed by atoms with Crippen LogP contribution >= 0.6 is 0 Å². The predicted molar refractivity (Wildman–Crippen MR) is 129 cm³/mol. The molecule has 7 nitrogen and oxygen atoms in total. The highest BCUT2D eigenvalue weighted by Crippen LogP contribution is 2.32. The molecule has 2 heterocycles. The third-order valence-corrected chi connectivity index (χ3v) is 8.72. The molecule has 34 heavy (non-hydrogen) atoms. The first kappa shape index (κ1) is 24.3. The molecule has 1 aliphatic rings. The van der Waals surface area contributed by atoms with Crippen LogP contribution in [0.25, 0.3) is 11.0 Å². The van der Waals surface area contributed by atoms with Gasteiger partial charge in [-0.05, 0) is 48.7 Å². The van der Waals surface area contributed by atoms with E-state index in [0.29, 0.717) is 38.0 Å². The first-order valence-electron chi connectivity index (χ1n) is 11.8. The zero-order valence-electron chi connectivity index (χ0n) is 19.9. The van der Waals surface area contributed by atoms with Crippen molar-refractivity contribution in [3.63, 3.8) is 0 Å². The van der Waals surface area contributed by atoms with E-state index < -0.39 is 10.0 Å². The second-order valence-electron chi connectivity index (χ2n) is 8.62. The number of carbonyl (C=O) groups is 1. The quantitative estimate of drug-likeness (QED) is 0.482. The lowest BCUT2D eigenvalue weighted by Gasteiger charge is -2.25. The van der Waals surface area contributed by atoms with E-state index in [9.17, 15) is 17.6 Å². The molecule has 1 amide bonds. The third-order valence-electron chi connectivity index (χ3n) is 6.68. The van der Waals surface area contributed by atoms with Crippen LogP contribution in [0.2, 0.25) is 0 Å². The molecular formula is C25H31FN4O3S. The Labute approximate surface area is 200 Å². The van der Waals surface area contributed by atoms with Crippen LogP contribution in [0.3, 0.4) is 0 Å². The van der Waals surface area contributed by atoms with E-state index in [4.69, 9.17) is 0 Å². The summed E-state index contributed by atoms with van der Waals surface area (Å²) in [7, 11) is -1.69. The van der Waals surface area contributed by atoms with Gasteiger partial charge in [-0.2, -0.15) is 4.31 Å². The molecule has 9 heteroatoms. The summed E-state index contributed by atoms with van der Waals surface area (Å²) < 4.78 is 42.4. The molecule has 182 valence electrons. The standard InChI is InChI=1S/C25H31FN4O3S/c1-4-29(5-2)34(32,33)20-12-13-23-21(17-20)27-24(28(23)3)14-15-25(31)30-16-6-7-22(30)18-8-10-19(26)11-9-18/h8-13,17,22H,4-7,14-16H2,1-3H3. The number of amides is 1. The van der Waals surface area contributed by atoms with Crippen molar-refractivity contribution in [3.8, 4) is 0 Å². The Morgan fingerprint density at radius 1 is 1.15 bits per heavy atom. The maximum Gasteiger partial charge on any atom is 0.243 e. The smallest absolute Gasteiger partial charge is 0.243 e. The van der Waals surface area contributed by atoms with Gasteiger partial charge in [0.25, 0.3) is 0 Å². The maximum absolute atomic E-state index is 13.3. The Kier molecular flexibility index (Phi) is 7.04. The van der Waals surface area contributed by atoms with Crippen molar-refractivity contribution in [3.05, 3.63) is 59.7 Å². The topological polar surface area (TPSA) is 75.5 Å². The molecule has 0 bridgehead atoms. The average Bonchev–Trinajstić information content (AvgIpc) is 3.43. The fourth-order valence-corrected chi connectivity index (χ4v) is 6.26. The van der Waals surface area contributed by atoms with Crippen LogP contribution in [0.1, 0.15) is 50.5 Å². The van der Waals surface area contributed by atoms with Crippen LogP contribution in [0.15, 0.2) is 47.4 Å². The molecule has 1 fully saturated rings. The fourth-order valence-electron chi connectivity index (χ4n) is 4.79. The van der Waals surface area contributed by atoms with Crippen LogP contribution < -0.4 is 0 Å². The number of sulfonamides is 1. The number of hydrogen-bond donors (Lipinski definition) is 0. The highest BCUT2D eigenvalue weighted by atomic mass is 32.2. The SMILES string of the molecule is CCN(CC)S(=O)(=O)c1ccc2c(c1)nc(CCC(=O)N1CCCC1c1ccc(F)cc1)n2C. The summed E-state index contributed by atoms with van der Waals surface area (Å²) in [5, 5.41) is 0. The molecule has 3 aromatic rings. The molecule has 0 radical (unpaired) electrons. The second-order valence-corrected chi connectivity index (χ2v) is 10.6. The summed E-state index contributed by atoms with van der Waals surface area (Å²) in [5.41, 5.74) is 2.38. The Hall–Kier alpha value is -2.78. The lowest BCUT2D eigenvalue weighted by Crippen LogP contribution is -2.30. The van der Waals surface area contributed by atoms with Crippen molar-refractivity contribution in [2.24, 2.45) is 7.05 Å². The van der Waals surface area contributed by atoms with Crippen molar-refractivity contribution in [2.45, 2.75) is 50.5 Å². The van der Waals surface area contributed by atoms with Crippen molar-refractivity contribution >= 4 is 27.0 Å². The van der Waals surface area contributed by atoms with Crippen LogP contribution in [0.5, 0.6) is 0 Å². The van der Waals surface area contributed by atoms with Gasteiger partial charge in [0.15, 0.2) is 0 Å². The normalized spacial score (nSPS) is 16.6. The largest absolute Gasteiger partial charge is 0.336 e. The van der Waals surface area contributed by atoms with Crippen LogP contribution in [-0.2, 0) is 28.3 Å². The first-order chi connectivity index (χ1) is 16.3. The van der Waals surface area contributed by atoms with Gasteiger partial charge in [0.05, 0.1) is 22.0 Å². The minimum absolute atomic E-state index is 0.0265. The zero-order valence-corrected chi connectivity index (χ0v) is 20.7. The predicted octanol–water partition coefficient (Wildman–Crippen LogP) is 4.04. The average molecular weight is 487 g/mol. The highest BCUT2D eigenvalue weighted by Gasteiger charge is 2.30. The summed E-state index contributed by atoms with van der Waals surface area (Å²) in [6.45, 7) is 5.13. The Morgan fingerprint density at radius 2 is 1.85 bits per heavy atom. The summed E-state index contributed by atoms with van der Waals surface area (Å²) in [4.78, 5) is 19.8. The molecule has 0 spiro atoms. The number of imidazole rings is 1. The lowest BCUT2D eigenvalue weighted by atomic mass is 10.0. The van der Waals surface area contributed by atoms with Gasteiger partial charge < -0.3 is 9.47 Å². The van der Waals surface area contributed by atoms with Crippen molar-refractivity contribution in [1.29, 1.82) is 0 Å². The minimum atomic E-state index is -3.57. The Balaban J connectivity index is 1.50. The van der Waals surface area contributed by atoms with E-state index in [1.165, 1.54) is 16.4 Å². The van der Waals surface area contributed by atoms with Crippen LogP contribution in [-0.4, -0.2) is 52.7 Å². The third kappa shape index (κ3) is 4.59. The molecular weight excluding hydrogens is 455 g/mol. The number of aromatic nitrogens is 2. The van der Waals surface area contributed by atoms with Crippen molar-refractivity contribution in [1.82, 2.24) is 18.8 Å². The first-order valence-corrected chi connectivity index (χ1v) is 13.2. The number of benzene rings is 2. The van der Waals surface area contributed by atoms with Gasteiger partial charge in [0.1, 0.15) is 11.6 Å². The van der Waals surface area contributed by atoms with Gasteiger partial charge in [-0.15, -0.1) is 0 Å². The molecule has 1 saturated heterocycles. The molecule has 1 aliphatic heterocycles. The molecule has 1 atom stereocenters. The number of hydrogen-bond acceptors (Lipinski definition) is 4. The Bertz CT molecular complexity index is 1280.